The molecule has 0 aromatic heterocycles. The van der Waals surface area contributed by atoms with Crippen LogP contribution in [0.4, 0.5) is 0 Å². The number of carbonyl (C=O) groups excluding carboxylic acids is 2. The normalized spacial score (nSPS) is 11.0. The molecular formula is C38H68N2O3. The summed E-state index contributed by atoms with van der Waals surface area (Å²) >= 11 is 0. The van der Waals surface area contributed by atoms with E-state index in [4.69, 9.17) is 4.74 Å². The van der Waals surface area contributed by atoms with Gasteiger partial charge in [-0.05, 0) is 37.5 Å². The molecule has 5 heteroatoms. The van der Waals surface area contributed by atoms with E-state index in [1.807, 2.05) is 0 Å². The summed E-state index contributed by atoms with van der Waals surface area (Å²) in [6.07, 6.45) is 29.7. The van der Waals surface area contributed by atoms with E-state index in [2.05, 4.69) is 31.4 Å². The fraction of sp³-hybridized carbons (Fsp3) is 0.789. The molecule has 2 amide bonds. The molecule has 0 saturated heterocycles. The molecule has 1 aromatic rings. The summed E-state index contributed by atoms with van der Waals surface area (Å²) in [6, 6.07) is 5.28. The first kappa shape index (κ1) is 39.0. The van der Waals surface area contributed by atoms with Gasteiger partial charge in [0.15, 0.2) is 0 Å². The highest BCUT2D eigenvalue weighted by molar-refractivity contribution is 6.00. The van der Waals surface area contributed by atoms with Gasteiger partial charge < -0.3 is 15.4 Å². The predicted molar refractivity (Wildman–Crippen MR) is 184 cm³/mol. The standard InChI is InChI=1S/C38H68N2O3/c1-4-7-10-13-16-17-18-21-24-27-32-43-36-33-34(37(41)39-30-25-22-19-14-11-8-5-2)28-29-35(36)38(42)40-31-26-23-20-15-12-9-6-3/h28-29,33H,4-27,30-32H2,1-3H3,(H,39,41)(H,40,42). The molecule has 5 nitrogen and oxygen atoms in total. The Balaban J connectivity index is 2.54. The molecule has 0 radical (unpaired) electrons. The van der Waals surface area contributed by atoms with Crippen LogP contribution in [0.3, 0.4) is 0 Å². The van der Waals surface area contributed by atoms with Gasteiger partial charge in [-0.1, -0.05) is 156 Å². The topological polar surface area (TPSA) is 67.4 Å². The molecule has 2 N–H and O–H groups in total. The molecule has 0 spiro atoms. The van der Waals surface area contributed by atoms with Crippen molar-refractivity contribution in [3.05, 3.63) is 29.3 Å². The molecule has 0 saturated carbocycles. The van der Waals surface area contributed by atoms with Crippen molar-refractivity contribution in [2.45, 2.75) is 175 Å². The average molecular weight is 601 g/mol. The Bertz CT molecular complexity index is 810. The summed E-state index contributed by atoms with van der Waals surface area (Å²) in [6.45, 7) is 8.66. The number of nitrogens with one attached hydrogen (secondary N) is 2. The van der Waals surface area contributed by atoms with Crippen LogP contribution in [0.25, 0.3) is 0 Å². The van der Waals surface area contributed by atoms with Crippen LogP contribution in [0.5, 0.6) is 5.75 Å². The highest BCUT2D eigenvalue weighted by atomic mass is 16.5. The fourth-order valence-corrected chi connectivity index (χ4v) is 5.51. The highest BCUT2D eigenvalue weighted by Crippen LogP contribution is 2.22. The number of carbonyl (C=O) groups is 2. The number of benzene rings is 1. The minimum absolute atomic E-state index is 0.0928. The number of amides is 2. The minimum atomic E-state index is -0.112. The molecule has 0 heterocycles. The molecule has 248 valence electrons. The van der Waals surface area contributed by atoms with Gasteiger partial charge in [0, 0.05) is 18.7 Å². The Labute approximate surface area is 266 Å². The van der Waals surface area contributed by atoms with Crippen molar-refractivity contribution < 1.29 is 14.3 Å². The molecule has 0 atom stereocenters. The monoisotopic (exact) mass is 601 g/mol. The van der Waals surface area contributed by atoms with Crippen LogP contribution < -0.4 is 15.4 Å². The number of unbranched alkanes of at least 4 members (excludes halogenated alkanes) is 21. The van der Waals surface area contributed by atoms with Gasteiger partial charge in [-0.15, -0.1) is 0 Å². The maximum absolute atomic E-state index is 13.1. The van der Waals surface area contributed by atoms with Crippen molar-refractivity contribution in [3.63, 3.8) is 0 Å². The second-order valence-corrected chi connectivity index (χ2v) is 12.5. The van der Waals surface area contributed by atoms with Gasteiger partial charge in [-0.3, -0.25) is 9.59 Å². The zero-order valence-electron chi connectivity index (χ0n) is 28.5. The van der Waals surface area contributed by atoms with Crippen molar-refractivity contribution in [1.82, 2.24) is 10.6 Å². The average Bonchev–Trinajstić information content (AvgIpc) is 3.02. The Morgan fingerprint density at radius 2 is 0.907 bits per heavy atom. The van der Waals surface area contributed by atoms with Crippen LogP contribution in [-0.2, 0) is 0 Å². The van der Waals surface area contributed by atoms with E-state index >= 15 is 0 Å². The van der Waals surface area contributed by atoms with Gasteiger partial charge in [0.2, 0.25) is 0 Å². The van der Waals surface area contributed by atoms with Crippen molar-refractivity contribution in [1.29, 1.82) is 0 Å². The Hall–Kier alpha value is -2.04. The maximum Gasteiger partial charge on any atom is 0.255 e. The first-order chi connectivity index (χ1) is 21.1. The van der Waals surface area contributed by atoms with Crippen molar-refractivity contribution in [3.8, 4) is 5.75 Å². The van der Waals surface area contributed by atoms with Crippen LogP contribution >= 0.6 is 0 Å². The third kappa shape index (κ3) is 21.3. The van der Waals surface area contributed by atoms with E-state index < -0.39 is 0 Å². The maximum atomic E-state index is 13.1. The van der Waals surface area contributed by atoms with E-state index in [0.29, 0.717) is 36.6 Å². The van der Waals surface area contributed by atoms with Crippen LogP contribution in [0.15, 0.2) is 18.2 Å². The van der Waals surface area contributed by atoms with Gasteiger partial charge in [0.1, 0.15) is 5.75 Å². The van der Waals surface area contributed by atoms with Crippen molar-refractivity contribution >= 4 is 11.8 Å². The van der Waals surface area contributed by atoms with Gasteiger partial charge in [-0.2, -0.15) is 0 Å². The molecule has 43 heavy (non-hydrogen) atoms. The minimum Gasteiger partial charge on any atom is -0.493 e. The van der Waals surface area contributed by atoms with Crippen LogP contribution in [-0.4, -0.2) is 31.5 Å². The quantitative estimate of drug-likeness (QED) is 0.0863. The highest BCUT2D eigenvalue weighted by Gasteiger charge is 2.16. The summed E-state index contributed by atoms with van der Waals surface area (Å²) < 4.78 is 6.15. The second kappa shape index (κ2) is 28.7. The van der Waals surface area contributed by atoms with E-state index in [1.165, 1.54) is 116 Å². The van der Waals surface area contributed by atoms with E-state index in [1.54, 1.807) is 18.2 Å². The summed E-state index contributed by atoms with van der Waals surface area (Å²) in [5.41, 5.74) is 1.09. The molecule has 0 aliphatic rings. The number of hydrogen-bond acceptors (Lipinski definition) is 3. The van der Waals surface area contributed by atoms with Crippen molar-refractivity contribution in [2.75, 3.05) is 19.7 Å². The predicted octanol–water partition coefficient (Wildman–Crippen LogP) is 10.9. The summed E-state index contributed by atoms with van der Waals surface area (Å²) in [5.74, 6) is 0.320. The van der Waals surface area contributed by atoms with Crippen LogP contribution in [0.2, 0.25) is 0 Å². The molecule has 0 aliphatic carbocycles. The van der Waals surface area contributed by atoms with Gasteiger partial charge in [0.25, 0.3) is 11.8 Å². The zero-order valence-corrected chi connectivity index (χ0v) is 28.5. The summed E-state index contributed by atoms with van der Waals surface area (Å²) in [4.78, 5) is 26.0. The fourth-order valence-electron chi connectivity index (χ4n) is 5.51. The number of rotatable bonds is 30. The van der Waals surface area contributed by atoms with E-state index in [9.17, 15) is 9.59 Å². The molecule has 0 bridgehead atoms. The largest absolute Gasteiger partial charge is 0.493 e. The second-order valence-electron chi connectivity index (χ2n) is 12.5. The molecular weight excluding hydrogens is 532 g/mol. The van der Waals surface area contributed by atoms with Gasteiger partial charge in [0.05, 0.1) is 12.2 Å². The third-order valence-corrected chi connectivity index (χ3v) is 8.38. The van der Waals surface area contributed by atoms with Gasteiger partial charge >= 0.3 is 0 Å². The molecule has 0 unspecified atom stereocenters. The number of ether oxygens (including phenoxy) is 1. The van der Waals surface area contributed by atoms with Crippen LogP contribution in [0, 0.1) is 0 Å². The van der Waals surface area contributed by atoms with E-state index in [0.717, 1.165) is 38.5 Å². The first-order valence-corrected chi connectivity index (χ1v) is 18.5. The summed E-state index contributed by atoms with van der Waals surface area (Å²) in [7, 11) is 0. The number of hydrogen-bond donors (Lipinski definition) is 2. The lowest BCUT2D eigenvalue weighted by molar-refractivity contribution is 0.0937. The first-order valence-electron chi connectivity index (χ1n) is 18.5. The smallest absolute Gasteiger partial charge is 0.255 e. The molecule has 0 aliphatic heterocycles. The molecule has 1 rings (SSSR count). The Kier molecular flexibility index (Phi) is 26.0. The Morgan fingerprint density at radius 1 is 0.512 bits per heavy atom. The lowest BCUT2D eigenvalue weighted by atomic mass is 10.1. The Morgan fingerprint density at radius 3 is 1.37 bits per heavy atom. The SMILES string of the molecule is CCCCCCCCCCCCOc1cc(C(=O)NCCCCCCCCC)ccc1C(=O)NCCCCCCCCC. The third-order valence-electron chi connectivity index (χ3n) is 8.38. The summed E-state index contributed by atoms with van der Waals surface area (Å²) in [5, 5.41) is 6.14. The lowest BCUT2D eigenvalue weighted by Gasteiger charge is -2.14. The molecule has 0 fully saturated rings. The van der Waals surface area contributed by atoms with Crippen molar-refractivity contribution in [2.24, 2.45) is 0 Å². The lowest BCUT2D eigenvalue weighted by Crippen LogP contribution is -2.26. The van der Waals surface area contributed by atoms with Crippen LogP contribution in [0.1, 0.15) is 196 Å². The molecule has 1 aromatic carbocycles. The zero-order chi connectivity index (χ0) is 31.2. The van der Waals surface area contributed by atoms with Gasteiger partial charge in [-0.25, -0.2) is 0 Å². The van der Waals surface area contributed by atoms with E-state index in [-0.39, 0.29) is 11.8 Å².